The van der Waals surface area contributed by atoms with Gasteiger partial charge in [0, 0.05) is 17.7 Å². The van der Waals surface area contributed by atoms with Crippen LogP contribution in [0.1, 0.15) is 36.7 Å². The van der Waals surface area contributed by atoms with Crippen LogP contribution in [0, 0.1) is 10.1 Å². The molecule has 1 rings (SSSR count). The average molecular weight is 267 g/mol. The lowest BCUT2D eigenvalue weighted by Gasteiger charge is -2.23. The van der Waals surface area contributed by atoms with Gasteiger partial charge >= 0.3 is 5.97 Å². The molecule has 104 valence electrons. The van der Waals surface area contributed by atoms with Crippen molar-refractivity contribution in [1.29, 1.82) is 0 Å². The lowest BCUT2D eigenvalue weighted by molar-refractivity contribution is -0.385. The van der Waals surface area contributed by atoms with Gasteiger partial charge in [-0.05, 0) is 5.41 Å². The summed E-state index contributed by atoms with van der Waals surface area (Å²) >= 11 is 0. The molecule has 0 heterocycles. The summed E-state index contributed by atoms with van der Waals surface area (Å²) in [5, 5.41) is 11.0. The number of esters is 1. The van der Waals surface area contributed by atoms with Crippen LogP contribution in [0.5, 0.6) is 5.75 Å². The number of hydrogen-bond donors (Lipinski definition) is 0. The fourth-order valence-electron chi connectivity index (χ4n) is 1.76. The molecular formula is C13H17NO5. The third kappa shape index (κ3) is 3.01. The molecule has 0 aliphatic carbocycles. The predicted octanol–water partition coefficient (Wildman–Crippen LogP) is 2.69. The van der Waals surface area contributed by atoms with Gasteiger partial charge in [0.1, 0.15) is 11.3 Å². The monoisotopic (exact) mass is 267 g/mol. The van der Waals surface area contributed by atoms with E-state index in [1.54, 1.807) is 0 Å². The normalized spacial score (nSPS) is 11.0. The number of nitro groups is 1. The molecule has 19 heavy (non-hydrogen) atoms. The van der Waals surface area contributed by atoms with Gasteiger partial charge in [-0.2, -0.15) is 0 Å². The summed E-state index contributed by atoms with van der Waals surface area (Å²) in [6.45, 7) is 5.65. The van der Waals surface area contributed by atoms with E-state index in [4.69, 9.17) is 4.74 Å². The standard InChI is InChI=1S/C13H17NO5/c1-13(2,3)10-7-8(14(16)17)6-9(11(10)18-4)12(15)19-5/h6-7H,1-5H3. The van der Waals surface area contributed by atoms with Gasteiger partial charge in [-0.3, -0.25) is 10.1 Å². The van der Waals surface area contributed by atoms with Gasteiger partial charge in [0.15, 0.2) is 0 Å². The van der Waals surface area contributed by atoms with Crippen LogP contribution >= 0.6 is 0 Å². The molecule has 1 aromatic carbocycles. The van der Waals surface area contributed by atoms with E-state index in [9.17, 15) is 14.9 Å². The SMILES string of the molecule is COC(=O)c1cc([N+](=O)[O-])cc(C(C)(C)C)c1OC. The van der Waals surface area contributed by atoms with Crippen molar-refractivity contribution < 1.29 is 19.2 Å². The van der Waals surface area contributed by atoms with E-state index in [1.807, 2.05) is 20.8 Å². The number of benzene rings is 1. The van der Waals surface area contributed by atoms with E-state index in [0.29, 0.717) is 11.3 Å². The Morgan fingerprint density at radius 2 is 1.84 bits per heavy atom. The van der Waals surface area contributed by atoms with Crippen LogP contribution in [-0.4, -0.2) is 25.1 Å². The summed E-state index contributed by atoms with van der Waals surface area (Å²) < 4.78 is 9.88. The van der Waals surface area contributed by atoms with Crippen molar-refractivity contribution in [3.63, 3.8) is 0 Å². The zero-order valence-corrected chi connectivity index (χ0v) is 11.6. The fourth-order valence-corrected chi connectivity index (χ4v) is 1.76. The molecule has 0 spiro atoms. The minimum atomic E-state index is -0.661. The topological polar surface area (TPSA) is 78.7 Å². The van der Waals surface area contributed by atoms with Gasteiger partial charge in [0.2, 0.25) is 0 Å². The Kier molecular flexibility index (Phi) is 4.14. The number of carbonyl (C=O) groups excluding carboxylic acids is 1. The second-order valence-electron chi connectivity index (χ2n) is 5.07. The molecule has 0 saturated carbocycles. The lowest BCUT2D eigenvalue weighted by Crippen LogP contribution is -2.16. The molecular weight excluding hydrogens is 250 g/mol. The summed E-state index contributed by atoms with van der Waals surface area (Å²) in [4.78, 5) is 22.1. The summed E-state index contributed by atoms with van der Waals surface area (Å²) in [5.41, 5.74) is 0.0833. The second kappa shape index (κ2) is 5.26. The van der Waals surface area contributed by atoms with Gasteiger partial charge in [0.25, 0.3) is 5.69 Å². The zero-order chi connectivity index (χ0) is 14.8. The molecule has 0 unspecified atom stereocenters. The highest BCUT2D eigenvalue weighted by Gasteiger charge is 2.28. The third-order valence-corrected chi connectivity index (χ3v) is 2.70. The smallest absolute Gasteiger partial charge is 0.341 e. The molecule has 0 aliphatic heterocycles. The van der Waals surface area contributed by atoms with E-state index >= 15 is 0 Å². The summed E-state index contributed by atoms with van der Waals surface area (Å²) in [5.74, 6) is -0.351. The van der Waals surface area contributed by atoms with E-state index in [2.05, 4.69) is 4.74 Å². The Bertz CT molecular complexity index is 517. The van der Waals surface area contributed by atoms with Crippen LogP contribution in [0.2, 0.25) is 0 Å². The number of non-ortho nitro benzene ring substituents is 1. The first kappa shape index (κ1) is 14.9. The molecule has 1 aromatic rings. The van der Waals surface area contributed by atoms with Crippen LogP contribution in [0.3, 0.4) is 0 Å². The number of methoxy groups -OCH3 is 2. The molecule has 0 atom stereocenters. The highest BCUT2D eigenvalue weighted by molar-refractivity contribution is 5.94. The first-order chi connectivity index (χ1) is 8.72. The molecule has 6 nitrogen and oxygen atoms in total. The molecule has 0 saturated heterocycles. The van der Waals surface area contributed by atoms with Crippen molar-refractivity contribution >= 4 is 11.7 Å². The quantitative estimate of drug-likeness (QED) is 0.478. The first-order valence-electron chi connectivity index (χ1n) is 5.67. The minimum absolute atomic E-state index is 0.0594. The van der Waals surface area contributed by atoms with Crippen molar-refractivity contribution in [2.45, 2.75) is 26.2 Å². The highest BCUT2D eigenvalue weighted by atomic mass is 16.6. The Morgan fingerprint density at radius 1 is 1.26 bits per heavy atom. The van der Waals surface area contributed by atoms with E-state index < -0.39 is 16.3 Å². The highest BCUT2D eigenvalue weighted by Crippen LogP contribution is 2.37. The Morgan fingerprint density at radius 3 is 2.21 bits per heavy atom. The van der Waals surface area contributed by atoms with Crippen LogP contribution in [0.15, 0.2) is 12.1 Å². The molecule has 0 bridgehead atoms. The average Bonchev–Trinajstić information content (AvgIpc) is 2.34. The van der Waals surface area contributed by atoms with E-state index in [0.717, 1.165) is 0 Å². The zero-order valence-electron chi connectivity index (χ0n) is 11.6. The predicted molar refractivity (Wildman–Crippen MR) is 69.7 cm³/mol. The molecule has 0 amide bonds. The number of hydrogen-bond acceptors (Lipinski definition) is 5. The minimum Gasteiger partial charge on any atom is -0.496 e. The van der Waals surface area contributed by atoms with Crippen LogP contribution in [-0.2, 0) is 10.2 Å². The summed E-state index contributed by atoms with van der Waals surface area (Å²) in [6.07, 6.45) is 0. The largest absolute Gasteiger partial charge is 0.496 e. The lowest BCUT2D eigenvalue weighted by atomic mass is 9.84. The van der Waals surface area contributed by atoms with Gasteiger partial charge in [-0.1, -0.05) is 20.8 Å². The van der Waals surface area contributed by atoms with E-state index in [-0.39, 0.29) is 11.3 Å². The van der Waals surface area contributed by atoms with E-state index in [1.165, 1.54) is 26.4 Å². The summed E-state index contributed by atoms with van der Waals surface area (Å²) in [6, 6.07) is 2.59. The van der Waals surface area contributed by atoms with Crippen molar-refractivity contribution in [1.82, 2.24) is 0 Å². The molecule has 0 aromatic heterocycles. The van der Waals surface area contributed by atoms with Crippen LogP contribution in [0.4, 0.5) is 5.69 Å². The van der Waals surface area contributed by atoms with Crippen molar-refractivity contribution in [3.05, 3.63) is 33.4 Å². The van der Waals surface area contributed by atoms with Crippen LogP contribution in [0.25, 0.3) is 0 Å². The maximum atomic E-state index is 11.7. The number of ether oxygens (including phenoxy) is 2. The van der Waals surface area contributed by atoms with Gasteiger partial charge in [0.05, 0.1) is 19.1 Å². The Balaban J connectivity index is 3.66. The Hall–Kier alpha value is -2.11. The number of carbonyl (C=O) groups is 1. The number of nitro benzene ring substituents is 1. The van der Waals surface area contributed by atoms with Crippen molar-refractivity contribution in [2.24, 2.45) is 0 Å². The molecule has 0 fully saturated rings. The number of nitrogens with zero attached hydrogens (tertiary/aromatic N) is 1. The molecule has 0 N–H and O–H groups in total. The fraction of sp³-hybridized carbons (Fsp3) is 0.462. The second-order valence-corrected chi connectivity index (χ2v) is 5.07. The maximum Gasteiger partial charge on any atom is 0.341 e. The molecule has 0 radical (unpaired) electrons. The number of rotatable bonds is 3. The molecule has 0 aliphatic rings. The van der Waals surface area contributed by atoms with Gasteiger partial charge in [-0.25, -0.2) is 4.79 Å². The Labute approximate surface area is 111 Å². The first-order valence-corrected chi connectivity index (χ1v) is 5.67. The van der Waals surface area contributed by atoms with Gasteiger partial charge < -0.3 is 9.47 Å². The third-order valence-electron chi connectivity index (χ3n) is 2.70. The maximum absolute atomic E-state index is 11.7. The van der Waals surface area contributed by atoms with Crippen molar-refractivity contribution in [3.8, 4) is 5.75 Å². The van der Waals surface area contributed by atoms with Crippen molar-refractivity contribution in [2.75, 3.05) is 14.2 Å². The van der Waals surface area contributed by atoms with Crippen LogP contribution < -0.4 is 4.74 Å². The summed E-state index contributed by atoms with van der Waals surface area (Å²) in [7, 11) is 2.64. The van der Waals surface area contributed by atoms with Gasteiger partial charge in [-0.15, -0.1) is 0 Å². The molecule has 6 heteroatoms.